The molecule has 0 radical (unpaired) electrons. The van der Waals surface area contributed by atoms with Gasteiger partial charge in [0.05, 0.1) is 24.2 Å². The minimum absolute atomic E-state index is 0.241. The molecule has 0 aliphatic heterocycles. The highest BCUT2D eigenvalue weighted by Crippen LogP contribution is 2.18. The van der Waals surface area contributed by atoms with E-state index in [-0.39, 0.29) is 5.56 Å². The lowest BCUT2D eigenvalue weighted by Gasteiger charge is -2.14. The molecule has 1 N–H and O–H groups in total. The van der Waals surface area contributed by atoms with E-state index in [2.05, 4.69) is 5.10 Å². The van der Waals surface area contributed by atoms with Gasteiger partial charge in [-0.3, -0.25) is 4.79 Å². The summed E-state index contributed by atoms with van der Waals surface area (Å²) in [5.41, 5.74) is 0.190. The van der Waals surface area contributed by atoms with E-state index in [4.69, 9.17) is 4.74 Å². The average molecular weight is 288 g/mol. The van der Waals surface area contributed by atoms with Gasteiger partial charge in [0.1, 0.15) is 11.3 Å². The Morgan fingerprint density at radius 1 is 1.38 bits per heavy atom. The van der Waals surface area contributed by atoms with Gasteiger partial charge in [0.25, 0.3) is 0 Å². The van der Waals surface area contributed by atoms with Gasteiger partial charge >= 0.3 is 5.97 Å². The molecule has 21 heavy (non-hydrogen) atoms. The number of aromatic carboxylic acids is 1. The van der Waals surface area contributed by atoms with Crippen molar-refractivity contribution >= 4 is 5.97 Å². The first kappa shape index (κ1) is 14.8. The number of carbonyl (C=O) groups is 1. The summed E-state index contributed by atoms with van der Waals surface area (Å²) >= 11 is 0. The van der Waals surface area contributed by atoms with Crippen LogP contribution in [0.3, 0.4) is 0 Å². The normalized spacial score (nSPS) is 10.4. The molecule has 2 rings (SSSR count). The minimum Gasteiger partial charge on any atom is -0.494 e. The molecule has 0 atom stereocenters. The standard InChI is InChI=1S/C15H16N2O4/c1-3-12-14(15(19)20)13(18)9-16-17(12)10-6-5-7-11(8-10)21-4-2/h5-9H,3-4H2,1-2H3,(H,19,20). The number of ether oxygens (including phenoxy) is 1. The van der Waals surface area contributed by atoms with Gasteiger partial charge in [-0.15, -0.1) is 0 Å². The summed E-state index contributed by atoms with van der Waals surface area (Å²) < 4.78 is 6.89. The number of rotatable bonds is 5. The predicted octanol–water partition coefficient (Wildman–Crippen LogP) is 1.89. The van der Waals surface area contributed by atoms with E-state index >= 15 is 0 Å². The van der Waals surface area contributed by atoms with Crippen LogP contribution in [0, 0.1) is 0 Å². The molecule has 0 unspecified atom stereocenters. The molecule has 1 heterocycles. The molecule has 0 saturated heterocycles. The molecule has 6 nitrogen and oxygen atoms in total. The zero-order valence-electron chi connectivity index (χ0n) is 11.9. The summed E-state index contributed by atoms with van der Waals surface area (Å²) in [4.78, 5) is 23.0. The van der Waals surface area contributed by atoms with Crippen LogP contribution >= 0.6 is 0 Å². The van der Waals surface area contributed by atoms with E-state index in [1.54, 1.807) is 31.2 Å². The number of aromatic nitrogens is 2. The lowest BCUT2D eigenvalue weighted by Crippen LogP contribution is -2.23. The first-order chi connectivity index (χ1) is 10.1. The van der Waals surface area contributed by atoms with Crippen molar-refractivity contribution in [2.75, 3.05) is 6.61 Å². The molecule has 110 valence electrons. The Labute approximate surface area is 121 Å². The summed E-state index contributed by atoms with van der Waals surface area (Å²) in [7, 11) is 0. The Morgan fingerprint density at radius 3 is 2.76 bits per heavy atom. The SMILES string of the molecule is CCOc1cccc(-n2ncc(=O)c(C(=O)O)c2CC)c1. The second-order valence-corrected chi connectivity index (χ2v) is 4.33. The molecule has 6 heteroatoms. The molecule has 0 amide bonds. The first-order valence-electron chi connectivity index (χ1n) is 6.66. The summed E-state index contributed by atoms with van der Waals surface area (Å²) in [6, 6.07) is 7.13. The zero-order valence-corrected chi connectivity index (χ0v) is 11.9. The van der Waals surface area contributed by atoms with Gasteiger partial charge in [0.2, 0.25) is 5.43 Å². The number of carboxylic acids is 1. The van der Waals surface area contributed by atoms with E-state index in [9.17, 15) is 14.7 Å². The minimum atomic E-state index is -1.24. The Kier molecular flexibility index (Phi) is 4.37. The van der Waals surface area contributed by atoms with Crippen LogP contribution in [-0.4, -0.2) is 27.5 Å². The second-order valence-electron chi connectivity index (χ2n) is 4.33. The highest BCUT2D eigenvalue weighted by molar-refractivity contribution is 5.88. The van der Waals surface area contributed by atoms with Crippen molar-refractivity contribution in [3.05, 3.63) is 51.9 Å². The lowest BCUT2D eigenvalue weighted by molar-refractivity contribution is 0.0693. The first-order valence-corrected chi connectivity index (χ1v) is 6.66. The highest BCUT2D eigenvalue weighted by atomic mass is 16.5. The number of nitrogens with zero attached hydrogens (tertiary/aromatic N) is 2. The third-order valence-electron chi connectivity index (χ3n) is 3.00. The molecule has 0 saturated carbocycles. The molecule has 0 spiro atoms. The molecule has 2 aromatic rings. The maximum Gasteiger partial charge on any atom is 0.341 e. The predicted molar refractivity (Wildman–Crippen MR) is 77.3 cm³/mol. The van der Waals surface area contributed by atoms with Crippen LogP contribution in [0.1, 0.15) is 29.9 Å². The van der Waals surface area contributed by atoms with Crippen LogP contribution in [0.15, 0.2) is 35.3 Å². The highest BCUT2D eigenvalue weighted by Gasteiger charge is 2.18. The van der Waals surface area contributed by atoms with Gasteiger partial charge in [-0.05, 0) is 25.5 Å². The van der Waals surface area contributed by atoms with E-state index in [1.165, 1.54) is 4.68 Å². The van der Waals surface area contributed by atoms with Crippen molar-refractivity contribution < 1.29 is 14.6 Å². The van der Waals surface area contributed by atoms with Gasteiger partial charge < -0.3 is 9.84 Å². The number of carboxylic acid groups (broad SMARTS) is 1. The van der Waals surface area contributed by atoms with Crippen molar-refractivity contribution in [3.8, 4) is 11.4 Å². The van der Waals surface area contributed by atoms with Crippen molar-refractivity contribution in [1.29, 1.82) is 0 Å². The van der Waals surface area contributed by atoms with Gasteiger partial charge in [-0.25, -0.2) is 9.48 Å². The summed E-state index contributed by atoms with van der Waals surface area (Å²) in [6.45, 7) is 4.19. The Hall–Kier alpha value is -2.63. The fourth-order valence-corrected chi connectivity index (χ4v) is 2.14. The Morgan fingerprint density at radius 2 is 2.14 bits per heavy atom. The maximum absolute atomic E-state index is 11.7. The summed E-state index contributed by atoms with van der Waals surface area (Å²) in [5, 5.41) is 13.3. The van der Waals surface area contributed by atoms with Crippen molar-refractivity contribution in [2.24, 2.45) is 0 Å². The third kappa shape index (κ3) is 2.94. The molecule has 0 bridgehead atoms. The monoisotopic (exact) mass is 288 g/mol. The number of benzene rings is 1. The fraction of sp³-hybridized carbons (Fsp3) is 0.267. The smallest absolute Gasteiger partial charge is 0.341 e. The van der Waals surface area contributed by atoms with Gasteiger partial charge in [0.15, 0.2) is 0 Å². The Bertz CT molecular complexity index is 722. The van der Waals surface area contributed by atoms with Crippen LogP contribution in [-0.2, 0) is 6.42 Å². The van der Waals surface area contributed by atoms with Crippen LogP contribution in [0.5, 0.6) is 5.75 Å². The van der Waals surface area contributed by atoms with Gasteiger partial charge in [-0.1, -0.05) is 13.0 Å². The maximum atomic E-state index is 11.7. The van der Waals surface area contributed by atoms with E-state index in [1.807, 2.05) is 6.92 Å². The van der Waals surface area contributed by atoms with Crippen LogP contribution < -0.4 is 10.2 Å². The summed E-state index contributed by atoms with van der Waals surface area (Å²) in [5.74, 6) is -0.580. The fourth-order valence-electron chi connectivity index (χ4n) is 2.14. The van der Waals surface area contributed by atoms with E-state index in [0.717, 1.165) is 6.20 Å². The van der Waals surface area contributed by atoms with Crippen molar-refractivity contribution in [3.63, 3.8) is 0 Å². The molecule has 1 aromatic carbocycles. The van der Waals surface area contributed by atoms with Crippen LogP contribution in [0.2, 0.25) is 0 Å². The summed E-state index contributed by atoms with van der Waals surface area (Å²) in [6.07, 6.45) is 1.40. The van der Waals surface area contributed by atoms with Crippen LogP contribution in [0.4, 0.5) is 0 Å². The van der Waals surface area contributed by atoms with Crippen molar-refractivity contribution in [1.82, 2.24) is 9.78 Å². The average Bonchev–Trinajstić information content (AvgIpc) is 2.47. The van der Waals surface area contributed by atoms with Gasteiger partial charge in [0, 0.05) is 6.07 Å². The zero-order chi connectivity index (χ0) is 15.4. The topological polar surface area (TPSA) is 81.4 Å². The van der Waals surface area contributed by atoms with Crippen molar-refractivity contribution in [2.45, 2.75) is 20.3 Å². The van der Waals surface area contributed by atoms with Crippen LogP contribution in [0.25, 0.3) is 5.69 Å². The quantitative estimate of drug-likeness (QED) is 0.908. The molecular formula is C15H16N2O4. The number of hydrogen-bond acceptors (Lipinski definition) is 4. The molecular weight excluding hydrogens is 272 g/mol. The Balaban J connectivity index is 2.64. The molecule has 0 fully saturated rings. The number of hydrogen-bond donors (Lipinski definition) is 1. The van der Waals surface area contributed by atoms with Gasteiger partial charge in [-0.2, -0.15) is 5.10 Å². The molecule has 0 aliphatic rings. The second kappa shape index (κ2) is 6.21. The van der Waals surface area contributed by atoms with E-state index in [0.29, 0.717) is 30.2 Å². The largest absolute Gasteiger partial charge is 0.494 e. The molecule has 1 aromatic heterocycles. The lowest BCUT2D eigenvalue weighted by atomic mass is 10.1. The third-order valence-corrected chi connectivity index (χ3v) is 3.00. The molecule has 0 aliphatic carbocycles. The van der Waals surface area contributed by atoms with E-state index < -0.39 is 11.4 Å².